The fraction of sp³-hybridized carbons (Fsp3) is 0.929. The molecule has 3 nitrogen and oxygen atoms in total. The van der Waals surface area contributed by atoms with Gasteiger partial charge in [0.15, 0.2) is 0 Å². The van der Waals surface area contributed by atoms with Crippen LogP contribution in [0.15, 0.2) is 0 Å². The van der Waals surface area contributed by atoms with Gasteiger partial charge in [0.25, 0.3) is 0 Å². The van der Waals surface area contributed by atoms with Gasteiger partial charge in [-0.2, -0.15) is 0 Å². The van der Waals surface area contributed by atoms with Crippen LogP contribution >= 0.6 is 0 Å². The number of piperidine rings is 1. The Morgan fingerprint density at radius 1 is 1.29 bits per heavy atom. The number of rotatable bonds is 2. The molecule has 0 amide bonds. The van der Waals surface area contributed by atoms with Crippen LogP contribution in [0.5, 0.6) is 0 Å². The molecular formula is C14H25NO2. The zero-order valence-corrected chi connectivity index (χ0v) is 11.1. The van der Waals surface area contributed by atoms with E-state index in [1.54, 1.807) is 0 Å². The first-order valence-electron chi connectivity index (χ1n) is 6.99. The maximum absolute atomic E-state index is 11.3. The Balaban J connectivity index is 1.95. The van der Waals surface area contributed by atoms with Gasteiger partial charge in [-0.3, -0.25) is 9.69 Å². The fourth-order valence-corrected chi connectivity index (χ4v) is 3.37. The molecule has 0 radical (unpaired) electrons. The molecule has 1 heterocycles. The molecule has 0 spiro atoms. The Hall–Kier alpha value is -0.570. The highest BCUT2D eigenvalue weighted by Crippen LogP contribution is 2.34. The van der Waals surface area contributed by atoms with Crippen molar-refractivity contribution < 1.29 is 9.90 Å². The molecule has 2 rings (SSSR count). The second-order valence-electron chi connectivity index (χ2n) is 6.35. The van der Waals surface area contributed by atoms with E-state index < -0.39 is 11.4 Å². The zero-order chi connectivity index (χ0) is 12.5. The number of carbonyl (C=O) groups is 1. The molecule has 0 aromatic carbocycles. The van der Waals surface area contributed by atoms with Crippen LogP contribution in [0, 0.1) is 11.3 Å². The van der Waals surface area contributed by atoms with E-state index in [1.807, 2.05) is 6.92 Å². The summed E-state index contributed by atoms with van der Waals surface area (Å²) in [4.78, 5) is 13.8. The van der Waals surface area contributed by atoms with E-state index >= 15 is 0 Å². The quantitative estimate of drug-likeness (QED) is 0.805. The van der Waals surface area contributed by atoms with Crippen LogP contribution in [0.4, 0.5) is 0 Å². The lowest BCUT2D eigenvalue weighted by Crippen LogP contribution is -2.50. The molecule has 2 fully saturated rings. The fourth-order valence-electron chi connectivity index (χ4n) is 3.37. The van der Waals surface area contributed by atoms with Gasteiger partial charge in [-0.05, 0) is 57.9 Å². The van der Waals surface area contributed by atoms with Gasteiger partial charge >= 0.3 is 5.97 Å². The molecule has 1 aliphatic heterocycles. The highest BCUT2D eigenvalue weighted by atomic mass is 16.4. The molecule has 0 aromatic heterocycles. The second-order valence-corrected chi connectivity index (χ2v) is 6.35. The van der Waals surface area contributed by atoms with Crippen LogP contribution in [0.2, 0.25) is 0 Å². The smallest absolute Gasteiger partial charge is 0.310 e. The molecule has 1 saturated carbocycles. The van der Waals surface area contributed by atoms with Gasteiger partial charge in [0.2, 0.25) is 0 Å². The van der Waals surface area contributed by atoms with Crippen molar-refractivity contribution in [2.75, 3.05) is 13.1 Å². The predicted octanol–water partition coefficient (Wildman–Crippen LogP) is 2.75. The van der Waals surface area contributed by atoms with E-state index in [0.29, 0.717) is 6.04 Å². The highest BCUT2D eigenvalue weighted by Gasteiger charge is 2.40. The van der Waals surface area contributed by atoms with Crippen molar-refractivity contribution in [2.24, 2.45) is 11.3 Å². The topological polar surface area (TPSA) is 40.5 Å². The van der Waals surface area contributed by atoms with E-state index in [1.165, 1.54) is 25.7 Å². The third-order valence-corrected chi connectivity index (χ3v) is 4.74. The molecule has 17 heavy (non-hydrogen) atoms. The lowest BCUT2D eigenvalue weighted by atomic mass is 9.79. The number of aliphatic carboxylic acids is 1. The summed E-state index contributed by atoms with van der Waals surface area (Å²) < 4.78 is 0. The number of hydrogen-bond donors (Lipinski definition) is 1. The third-order valence-electron chi connectivity index (χ3n) is 4.74. The molecule has 98 valence electrons. The Kier molecular flexibility index (Phi) is 3.76. The van der Waals surface area contributed by atoms with Gasteiger partial charge in [0.05, 0.1) is 5.41 Å². The van der Waals surface area contributed by atoms with Crippen molar-refractivity contribution in [3.63, 3.8) is 0 Å². The average Bonchev–Trinajstić information content (AvgIpc) is 2.30. The molecule has 1 atom stereocenters. The van der Waals surface area contributed by atoms with Crippen molar-refractivity contribution in [1.82, 2.24) is 4.90 Å². The number of hydrogen-bond acceptors (Lipinski definition) is 2. The zero-order valence-electron chi connectivity index (χ0n) is 11.1. The average molecular weight is 239 g/mol. The van der Waals surface area contributed by atoms with Crippen molar-refractivity contribution >= 4 is 5.97 Å². The molecule has 0 bridgehead atoms. The molecule has 1 aliphatic carbocycles. The minimum Gasteiger partial charge on any atom is -0.481 e. The first-order valence-corrected chi connectivity index (χ1v) is 6.99. The number of carboxylic acid groups (broad SMARTS) is 1. The molecule has 1 saturated heterocycles. The highest BCUT2D eigenvalue weighted by molar-refractivity contribution is 5.74. The van der Waals surface area contributed by atoms with Crippen molar-refractivity contribution in [3.8, 4) is 0 Å². The van der Waals surface area contributed by atoms with E-state index in [0.717, 1.165) is 31.8 Å². The van der Waals surface area contributed by atoms with Gasteiger partial charge < -0.3 is 5.11 Å². The SMILES string of the molecule is CC1CCC(N2CCCC(C)(C(=O)O)C2)CC1. The first-order chi connectivity index (χ1) is 8.01. The Morgan fingerprint density at radius 3 is 2.53 bits per heavy atom. The van der Waals surface area contributed by atoms with Gasteiger partial charge in [0, 0.05) is 12.6 Å². The first kappa shape index (κ1) is 12.9. The summed E-state index contributed by atoms with van der Waals surface area (Å²) >= 11 is 0. The van der Waals surface area contributed by atoms with Crippen molar-refractivity contribution in [2.45, 2.75) is 58.4 Å². The van der Waals surface area contributed by atoms with Crippen molar-refractivity contribution in [1.29, 1.82) is 0 Å². The molecular weight excluding hydrogens is 214 g/mol. The summed E-state index contributed by atoms with van der Waals surface area (Å²) in [6, 6.07) is 0.644. The molecule has 2 aliphatic rings. The van der Waals surface area contributed by atoms with Crippen LogP contribution in [-0.2, 0) is 4.79 Å². The van der Waals surface area contributed by atoms with Gasteiger partial charge in [-0.25, -0.2) is 0 Å². The molecule has 3 heteroatoms. The molecule has 0 aromatic rings. The van der Waals surface area contributed by atoms with E-state index in [-0.39, 0.29) is 0 Å². The summed E-state index contributed by atoms with van der Waals surface area (Å²) in [5, 5.41) is 9.33. The Morgan fingerprint density at radius 2 is 1.94 bits per heavy atom. The summed E-state index contributed by atoms with van der Waals surface area (Å²) in [7, 11) is 0. The Bertz CT molecular complexity index is 284. The number of likely N-dealkylation sites (tertiary alicyclic amines) is 1. The summed E-state index contributed by atoms with van der Waals surface area (Å²) in [5.41, 5.74) is -0.513. The maximum Gasteiger partial charge on any atom is 0.310 e. The minimum absolute atomic E-state index is 0.513. The van der Waals surface area contributed by atoms with E-state index in [9.17, 15) is 9.90 Å². The predicted molar refractivity (Wildman–Crippen MR) is 68.0 cm³/mol. The standard InChI is InChI=1S/C14H25NO2/c1-11-4-6-12(7-5-11)15-9-3-8-14(2,10-15)13(16)17/h11-12H,3-10H2,1-2H3,(H,16,17). The number of nitrogens with zero attached hydrogens (tertiary/aromatic N) is 1. The van der Waals surface area contributed by atoms with Crippen LogP contribution in [0.3, 0.4) is 0 Å². The summed E-state index contributed by atoms with van der Waals surface area (Å²) in [6.45, 7) is 6.09. The van der Waals surface area contributed by atoms with Crippen LogP contribution in [0.1, 0.15) is 52.4 Å². The van der Waals surface area contributed by atoms with Gasteiger partial charge in [-0.1, -0.05) is 6.92 Å². The lowest BCUT2D eigenvalue weighted by molar-refractivity contribution is -0.152. The van der Waals surface area contributed by atoms with Gasteiger partial charge in [0.1, 0.15) is 0 Å². The Labute approximate surface area is 104 Å². The molecule has 1 unspecified atom stereocenters. The van der Waals surface area contributed by atoms with Crippen LogP contribution in [-0.4, -0.2) is 35.1 Å². The maximum atomic E-state index is 11.3. The largest absolute Gasteiger partial charge is 0.481 e. The van der Waals surface area contributed by atoms with Crippen molar-refractivity contribution in [3.05, 3.63) is 0 Å². The summed E-state index contributed by atoms with van der Waals surface area (Å²) in [5.74, 6) is 0.244. The third kappa shape index (κ3) is 2.82. The van der Waals surface area contributed by atoms with Gasteiger partial charge in [-0.15, -0.1) is 0 Å². The van der Waals surface area contributed by atoms with E-state index in [4.69, 9.17) is 0 Å². The summed E-state index contributed by atoms with van der Waals surface area (Å²) in [6.07, 6.45) is 7.01. The van der Waals surface area contributed by atoms with Crippen LogP contribution < -0.4 is 0 Å². The second kappa shape index (κ2) is 4.97. The lowest BCUT2D eigenvalue weighted by Gasteiger charge is -2.43. The monoisotopic (exact) mass is 239 g/mol. The van der Waals surface area contributed by atoms with E-state index in [2.05, 4.69) is 11.8 Å². The van der Waals surface area contributed by atoms with Crippen LogP contribution in [0.25, 0.3) is 0 Å². The minimum atomic E-state index is -0.619. The number of carboxylic acids is 1. The normalized spacial score (nSPS) is 40.1. The molecule has 1 N–H and O–H groups in total.